The molecular weight excluding hydrogens is 462 g/mol. The maximum atomic E-state index is 12.9. The Morgan fingerprint density at radius 2 is 1.58 bits per heavy atom. The van der Waals surface area contributed by atoms with E-state index in [1.807, 2.05) is 6.92 Å². The van der Waals surface area contributed by atoms with Crippen LogP contribution in [0.3, 0.4) is 0 Å². The molecule has 0 bridgehead atoms. The number of carbonyl (C=O) groups is 1. The van der Waals surface area contributed by atoms with Crippen LogP contribution in [-0.2, 0) is 10.0 Å². The fourth-order valence-corrected chi connectivity index (χ4v) is 4.37. The van der Waals surface area contributed by atoms with Gasteiger partial charge in [-0.05, 0) is 49.4 Å². The van der Waals surface area contributed by atoms with Gasteiger partial charge in [-0.15, -0.1) is 10.2 Å². The summed E-state index contributed by atoms with van der Waals surface area (Å²) in [7, 11) is -3.96. The Bertz CT molecular complexity index is 1480. The number of aromatic hydroxyl groups is 1. The van der Waals surface area contributed by atoms with E-state index >= 15 is 0 Å². The standard InChI is InChI=1S/C24H18ClN3O4S/c1-15-6-8-16(9-7-15)24(30)27-26-22-14-21(19-4-2-3-5-20(19)23(22)29)28-33(31,32)18-12-10-17(25)11-13-18/h2-14,28-29H,1H3. The van der Waals surface area contributed by atoms with E-state index in [9.17, 15) is 18.3 Å². The van der Waals surface area contributed by atoms with Crippen LogP contribution in [0, 0.1) is 6.92 Å². The van der Waals surface area contributed by atoms with Crippen LogP contribution in [0.25, 0.3) is 10.8 Å². The zero-order valence-electron chi connectivity index (χ0n) is 17.4. The average Bonchev–Trinajstić information content (AvgIpc) is 2.80. The van der Waals surface area contributed by atoms with E-state index in [-0.39, 0.29) is 22.0 Å². The van der Waals surface area contributed by atoms with Crippen LogP contribution in [0.5, 0.6) is 5.75 Å². The number of halogens is 1. The summed E-state index contributed by atoms with van der Waals surface area (Å²) in [5.74, 6) is -0.814. The Hall–Kier alpha value is -3.75. The maximum Gasteiger partial charge on any atom is 0.295 e. The van der Waals surface area contributed by atoms with Gasteiger partial charge in [0.2, 0.25) is 0 Å². The van der Waals surface area contributed by atoms with Gasteiger partial charge in [0.1, 0.15) is 5.69 Å². The number of benzene rings is 4. The average molecular weight is 480 g/mol. The molecule has 0 saturated carbocycles. The Balaban J connectivity index is 1.74. The third kappa shape index (κ3) is 4.87. The fraction of sp³-hybridized carbons (Fsp3) is 0.0417. The molecule has 4 rings (SSSR count). The highest BCUT2D eigenvalue weighted by Gasteiger charge is 2.18. The second kappa shape index (κ2) is 9.01. The van der Waals surface area contributed by atoms with Gasteiger partial charge < -0.3 is 5.11 Å². The smallest absolute Gasteiger partial charge is 0.295 e. The highest BCUT2D eigenvalue weighted by atomic mass is 35.5. The van der Waals surface area contributed by atoms with Gasteiger partial charge in [0.05, 0.1) is 10.6 Å². The first kappa shape index (κ1) is 22.4. The number of nitrogens with zero attached hydrogens (tertiary/aromatic N) is 2. The molecule has 2 N–H and O–H groups in total. The van der Waals surface area contributed by atoms with Gasteiger partial charge in [0, 0.05) is 21.4 Å². The van der Waals surface area contributed by atoms with Crippen molar-refractivity contribution in [2.45, 2.75) is 11.8 Å². The second-order valence-electron chi connectivity index (χ2n) is 7.27. The van der Waals surface area contributed by atoms with Gasteiger partial charge in [0.15, 0.2) is 5.75 Å². The minimum atomic E-state index is -3.96. The molecular formula is C24H18ClN3O4S. The molecule has 0 fully saturated rings. The molecule has 0 aliphatic rings. The molecule has 1 amide bonds. The van der Waals surface area contributed by atoms with E-state index in [1.165, 1.54) is 30.3 Å². The molecule has 0 aliphatic carbocycles. The number of carbonyl (C=O) groups excluding carboxylic acids is 1. The van der Waals surface area contributed by atoms with Crippen molar-refractivity contribution in [2.75, 3.05) is 4.72 Å². The summed E-state index contributed by atoms with van der Waals surface area (Å²) in [5.41, 5.74) is 1.46. The van der Waals surface area contributed by atoms with Gasteiger partial charge in [-0.2, -0.15) is 0 Å². The molecule has 4 aromatic carbocycles. The molecule has 166 valence electrons. The Morgan fingerprint density at radius 1 is 0.939 bits per heavy atom. The van der Waals surface area contributed by atoms with Gasteiger partial charge in [0.25, 0.3) is 15.9 Å². The van der Waals surface area contributed by atoms with Crippen molar-refractivity contribution in [3.05, 3.63) is 95.0 Å². The van der Waals surface area contributed by atoms with E-state index in [0.717, 1.165) is 5.56 Å². The summed E-state index contributed by atoms with van der Waals surface area (Å²) in [4.78, 5) is 12.4. The molecule has 0 spiro atoms. The number of amides is 1. The van der Waals surface area contributed by atoms with Gasteiger partial charge in [-0.3, -0.25) is 9.52 Å². The van der Waals surface area contributed by atoms with Crippen LogP contribution in [0.2, 0.25) is 5.02 Å². The maximum absolute atomic E-state index is 12.9. The SMILES string of the molecule is Cc1ccc(C(=O)N=Nc2cc(NS(=O)(=O)c3ccc(Cl)cc3)c3ccccc3c2O)cc1. The molecule has 0 radical (unpaired) electrons. The van der Waals surface area contributed by atoms with E-state index in [1.54, 1.807) is 48.5 Å². The fourth-order valence-electron chi connectivity index (χ4n) is 3.18. The number of aryl methyl sites for hydroxylation is 1. The second-order valence-corrected chi connectivity index (χ2v) is 9.39. The highest BCUT2D eigenvalue weighted by Crippen LogP contribution is 2.40. The number of hydrogen-bond donors (Lipinski definition) is 2. The first-order chi connectivity index (χ1) is 15.7. The number of sulfonamides is 1. The Kier molecular flexibility index (Phi) is 6.13. The molecule has 33 heavy (non-hydrogen) atoms. The minimum absolute atomic E-state index is 0.0155. The monoisotopic (exact) mass is 479 g/mol. The van der Waals surface area contributed by atoms with Gasteiger partial charge in [-0.1, -0.05) is 53.6 Å². The Morgan fingerprint density at radius 3 is 2.24 bits per heavy atom. The lowest BCUT2D eigenvalue weighted by molar-refractivity contribution is 0.0995. The molecule has 0 heterocycles. The number of azo groups is 1. The minimum Gasteiger partial charge on any atom is -0.505 e. The summed E-state index contributed by atoms with van der Waals surface area (Å²) in [5, 5.41) is 19.5. The van der Waals surface area contributed by atoms with Crippen molar-refractivity contribution in [1.29, 1.82) is 0 Å². The zero-order valence-corrected chi connectivity index (χ0v) is 18.9. The zero-order chi connectivity index (χ0) is 23.6. The number of fused-ring (bicyclic) bond motifs is 1. The first-order valence-corrected chi connectivity index (χ1v) is 11.7. The number of phenolic OH excluding ortho intramolecular Hbond substituents is 1. The third-order valence-electron chi connectivity index (χ3n) is 4.91. The first-order valence-electron chi connectivity index (χ1n) is 9.80. The lowest BCUT2D eigenvalue weighted by Gasteiger charge is -2.13. The number of nitrogens with one attached hydrogen (secondary N) is 1. The van der Waals surface area contributed by atoms with Crippen molar-refractivity contribution in [2.24, 2.45) is 10.2 Å². The topological polar surface area (TPSA) is 108 Å². The molecule has 0 saturated heterocycles. The summed E-state index contributed by atoms with van der Waals surface area (Å²) >= 11 is 5.86. The van der Waals surface area contributed by atoms with Crippen molar-refractivity contribution >= 4 is 49.7 Å². The molecule has 0 aliphatic heterocycles. The highest BCUT2D eigenvalue weighted by molar-refractivity contribution is 7.92. The number of rotatable bonds is 5. The van der Waals surface area contributed by atoms with Crippen molar-refractivity contribution in [3.8, 4) is 5.75 Å². The summed E-state index contributed by atoms with van der Waals surface area (Å²) in [6.07, 6.45) is 0. The molecule has 9 heteroatoms. The predicted octanol–water partition coefficient (Wildman–Crippen LogP) is 6.23. The molecule has 0 atom stereocenters. The molecule has 7 nitrogen and oxygen atoms in total. The third-order valence-corrected chi connectivity index (χ3v) is 6.54. The van der Waals surface area contributed by atoms with E-state index in [4.69, 9.17) is 11.6 Å². The summed E-state index contributed by atoms with van der Waals surface area (Å²) in [6, 6.07) is 20.5. The van der Waals surface area contributed by atoms with E-state index in [2.05, 4.69) is 15.0 Å². The van der Waals surface area contributed by atoms with Crippen LogP contribution >= 0.6 is 11.6 Å². The summed E-state index contributed by atoms with van der Waals surface area (Å²) in [6.45, 7) is 1.90. The quantitative estimate of drug-likeness (QED) is 0.261. The summed E-state index contributed by atoms with van der Waals surface area (Å²) < 4.78 is 28.3. The van der Waals surface area contributed by atoms with Crippen LogP contribution < -0.4 is 4.72 Å². The van der Waals surface area contributed by atoms with E-state index < -0.39 is 15.9 Å². The normalized spacial score (nSPS) is 11.7. The largest absolute Gasteiger partial charge is 0.505 e. The Labute approximate surface area is 195 Å². The number of anilines is 1. The van der Waals surface area contributed by atoms with Crippen LogP contribution in [0.15, 0.2) is 94.0 Å². The van der Waals surface area contributed by atoms with Crippen molar-refractivity contribution in [1.82, 2.24) is 0 Å². The predicted molar refractivity (Wildman–Crippen MR) is 128 cm³/mol. The van der Waals surface area contributed by atoms with Crippen molar-refractivity contribution in [3.63, 3.8) is 0 Å². The van der Waals surface area contributed by atoms with Crippen LogP contribution in [0.1, 0.15) is 15.9 Å². The van der Waals surface area contributed by atoms with Gasteiger partial charge >= 0.3 is 0 Å². The van der Waals surface area contributed by atoms with Gasteiger partial charge in [-0.25, -0.2) is 8.42 Å². The molecule has 0 aromatic heterocycles. The number of phenols is 1. The van der Waals surface area contributed by atoms with E-state index in [0.29, 0.717) is 21.4 Å². The van der Waals surface area contributed by atoms with Crippen molar-refractivity contribution < 1.29 is 18.3 Å². The molecule has 4 aromatic rings. The molecule has 0 unspecified atom stereocenters. The lowest BCUT2D eigenvalue weighted by atomic mass is 10.1. The lowest BCUT2D eigenvalue weighted by Crippen LogP contribution is -2.13. The van der Waals surface area contributed by atoms with Crippen LogP contribution in [-0.4, -0.2) is 19.4 Å². The number of hydrogen-bond acceptors (Lipinski definition) is 5. The van der Waals surface area contributed by atoms with Crippen LogP contribution in [0.4, 0.5) is 11.4 Å².